The lowest BCUT2D eigenvalue weighted by atomic mass is 10.0. The summed E-state index contributed by atoms with van der Waals surface area (Å²) in [5, 5.41) is 5.78. The summed E-state index contributed by atoms with van der Waals surface area (Å²) < 4.78 is 5.15. The fraction of sp³-hybridized carbons (Fsp3) is 0.269. The van der Waals surface area contributed by atoms with Gasteiger partial charge in [-0.05, 0) is 60.3 Å². The first kappa shape index (κ1) is 20.9. The topological polar surface area (TPSA) is 53.6 Å². The lowest BCUT2D eigenvalue weighted by molar-refractivity contribution is 0.248. The molecule has 3 aromatic rings. The minimum Gasteiger partial charge on any atom is -0.497 e. The number of hydrogen-bond donors (Lipinski definition) is 2. The maximum absolute atomic E-state index is 12.2. The van der Waals surface area contributed by atoms with E-state index in [1.807, 2.05) is 36.4 Å². The summed E-state index contributed by atoms with van der Waals surface area (Å²) in [5.74, 6) is 0.803. The summed E-state index contributed by atoms with van der Waals surface area (Å²) in [4.78, 5) is 14.8. The SMILES string of the molecule is COc1ccc(CNC(=O)Nc2ccc(CN3CCCC3c3ccccc3)cc2)cc1. The van der Waals surface area contributed by atoms with E-state index in [9.17, 15) is 4.79 Å². The van der Waals surface area contributed by atoms with Crippen LogP contribution in [0, 0.1) is 0 Å². The monoisotopic (exact) mass is 415 g/mol. The van der Waals surface area contributed by atoms with Crippen LogP contribution in [0.5, 0.6) is 5.75 Å². The van der Waals surface area contributed by atoms with E-state index in [4.69, 9.17) is 4.74 Å². The molecule has 0 aliphatic carbocycles. The second-order valence-electron chi connectivity index (χ2n) is 7.89. The Morgan fingerprint density at radius 3 is 2.39 bits per heavy atom. The van der Waals surface area contributed by atoms with Gasteiger partial charge in [-0.1, -0.05) is 54.6 Å². The van der Waals surface area contributed by atoms with Crippen molar-refractivity contribution in [1.29, 1.82) is 0 Å². The van der Waals surface area contributed by atoms with E-state index in [0.29, 0.717) is 12.6 Å². The maximum Gasteiger partial charge on any atom is 0.319 e. The minimum atomic E-state index is -0.216. The normalized spacial score (nSPS) is 16.1. The number of carbonyl (C=O) groups excluding carboxylic acids is 1. The largest absolute Gasteiger partial charge is 0.497 e. The first-order valence-corrected chi connectivity index (χ1v) is 10.8. The van der Waals surface area contributed by atoms with E-state index in [0.717, 1.165) is 30.1 Å². The Balaban J connectivity index is 1.28. The first-order chi connectivity index (χ1) is 15.2. The van der Waals surface area contributed by atoms with E-state index in [-0.39, 0.29) is 6.03 Å². The fourth-order valence-electron chi connectivity index (χ4n) is 4.10. The number of rotatable bonds is 7. The Bertz CT molecular complexity index is 972. The van der Waals surface area contributed by atoms with Crippen molar-refractivity contribution in [2.75, 3.05) is 19.0 Å². The van der Waals surface area contributed by atoms with E-state index in [1.165, 1.54) is 24.0 Å². The zero-order chi connectivity index (χ0) is 21.5. The van der Waals surface area contributed by atoms with Crippen LogP contribution in [-0.4, -0.2) is 24.6 Å². The van der Waals surface area contributed by atoms with Crippen LogP contribution in [0.2, 0.25) is 0 Å². The molecular weight excluding hydrogens is 386 g/mol. The summed E-state index contributed by atoms with van der Waals surface area (Å²) in [7, 11) is 1.64. The van der Waals surface area contributed by atoms with Crippen molar-refractivity contribution in [2.45, 2.75) is 32.0 Å². The van der Waals surface area contributed by atoms with Crippen LogP contribution in [0.4, 0.5) is 10.5 Å². The molecule has 0 saturated carbocycles. The summed E-state index contributed by atoms with van der Waals surface area (Å²) in [6.45, 7) is 2.50. The van der Waals surface area contributed by atoms with Crippen molar-refractivity contribution in [3.05, 3.63) is 95.6 Å². The number of carbonyl (C=O) groups is 1. The molecular formula is C26H29N3O2. The molecule has 1 fully saturated rings. The first-order valence-electron chi connectivity index (χ1n) is 10.8. The van der Waals surface area contributed by atoms with Gasteiger partial charge in [0.15, 0.2) is 0 Å². The van der Waals surface area contributed by atoms with Gasteiger partial charge in [0.05, 0.1) is 7.11 Å². The van der Waals surface area contributed by atoms with Crippen LogP contribution in [0.1, 0.15) is 35.6 Å². The molecule has 5 heteroatoms. The minimum absolute atomic E-state index is 0.216. The second kappa shape index (κ2) is 10.1. The van der Waals surface area contributed by atoms with Crippen LogP contribution in [0.25, 0.3) is 0 Å². The molecule has 2 amide bonds. The van der Waals surface area contributed by atoms with Crippen LogP contribution in [0.3, 0.4) is 0 Å². The molecule has 1 heterocycles. The van der Waals surface area contributed by atoms with Crippen molar-refractivity contribution in [3.8, 4) is 5.75 Å². The molecule has 1 saturated heterocycles. The third kappa shape index (κ3) is 5.64. The number of anilines is 1. The molecule has 4 rings (SSSR count). The molecule has 3 aromatic carbocycles. The van der Waals surface area contributed by atoms with Gasteiger partial charge in [-0.15, -0.1) is 0 Å². The standard InChI is InChI=1S/C26H29N3O2/c1-31-24-15-11-20(12-16-24)18-27-26(30)28-23-13-9-21(10-14-23)19-29-17-5-8-25(29)22-6-3-2-4-7-22/h2-4,6-7,9-16,25H,5,8,17-19H2,1H3,(H2,27,28,30). The number of hydrogen-bond acceptors (Lipinski definition) is 3. The summed E-state index contributed by atoms with van der Waals surface area (Å²) in [5.41, 5.74) is 4.46. The molecule has 1 aliphatic heterocycles. The summed E-state index contributed by atoms with van der Waals surface area (Å²) in [6, 6.07) is 26.8. The van der Waals surface area contributed by atoms with Crippen molar-refractivity contribution in [1.82, 2.24) is 10.2 Å². The summed E-state index contributed by atoms with van der Waals surface area (Å²) in [6.07, 6.45) is 2.44. The Labute approximate surface area is 184 Å². The van der Waals surface area contributed by atoms with Crippen LogP contribution in [-0.2, 0) is 13.1 Å². The number of nitrogens with zero attached hydrogens (tertiary/aromatic N) is 1. The lowest BCUT2D eigenvalue weighted by Gasteiger charge is -2.25. The highest BCUT2D eigenvalue weighted by molar-refractivity contribution is 5.89. The van der Waals surface area contributed by atoms with Crippen LogP contribution in [0.15, 0.2) is 78.9 Å². The molecule has 0 radical (unpaired) electrons. The van der Waals surface area contributed by atoms with E-state index >= 15 is 0 Å². The number of urea groups is 1. The van der Waals surface area contributed by atoms with Crippen molar-refractivity contribution in [2.24, 2.45) is 0 Å². The molecule has 2 N–H and O–H groups in total. The molecule has 31 heavy (non-hydrogen) atoms. The van der Waals surface area contributed by atoms with E-state index in [2.05, 4.69) is 58.0 Å². The zero-order valence-corrected chi connectivity index (χ0v) is 17.9. The molecule has 1 atom stereocenters. The molecule has 1 aliphatic rings. The van der Waals surface area contributed by atoms with Gasteiger partial charge in [0.1, 0.15) is 5.75 Å². The molecule has 5 nitrogen and oxygen atoms in total. The Morgan fingerprint density at radius 1 is 0.968 bits per heavy atom. The third-order valence-corrected chi connectivity index (χ3v) is 5.76. The predicted molar refractivity (Wildman–Crippen MR) is 124 cm³/mol. The highest BCUT2D eigenvalue weighted by atomic mass is 16.5. The molecule has 1 unspecified atom stereocenters. The van der Waals surface area contributed by atoms with Crippen LogP contribution < -0.4 is 15.4 Å². The molecule has 0 bridgehead atoms. The van der Waals surface area contributed by atoms with Crippen molar-refractivity contribution < 1.29 is 9.53 Å². The quantitative estimate of drug-likeness (QED) is 0.547. The van der Waals surface area contributed by atoms with Crippen molar-refractivity contribution >= 4 is 11.7 Å². The van der Waals surface area contributed by atoms with Gasteiger partial charge in [0.2, 0.25) is 0 Å². The predicted octanol–water partition coefficient (Wildman–Crippen LogP) is 5.35. The molecule has 0 spiro atoms. The lowest BCUT2D eigenvalue weighted by Crippen LogP contribution is -2.28. The average molecular weight is 416 g/mol. The van der Waals surface area contributed by atoms with Crippen LogP contribution >= 0.6 is 0 Å². The Morgan fingerprint density at radius 2 is 1.68 bits per heavy atom. The van der Waals surface area contributed by atoms with E-state index < -0.39 is 0 Å². The number of benzene rings is 3. The smallest absolute Gasteiger partial charge is 0.319 e. The van der Waals surface area contributed by atoms with Gasteiger partial charge in [-0.2, -0.15) is 0 Å². The number of likely N-dealkylation sites (tertiary alicyclic amines) is 1. The van der Waals surface area contributed by atoms with Gasteiger partial charge >= 0.3 is 6.03 Å². The van der Waals surface area contributed by atoms with Gasteiger partial charge in [0.25, 0.3) is 0 Å². The molecule has 160 valence electrons. The fourth-order valence-corrected chi connectivity index (χ4v) is 4.10. The second-order valence-corrected chi connectivity index (χ2v) is 7.89. The van der Waals surface area contributed by atoms with Gasteiger partial charge in [0, 0.05) is 24.8 Å². The van der Waals surface area contributed by atoms with Gasteiger partial charge in [-0.25, -0.2) is 4.79 Å². The zero-order valence-electron chi connectivity index (χ0n) is 17.9. The maximum atomic E-state index is 12.2. The number of methoxy groups -OCH3 is 1. The number of amides is 2. The molecule has 0 aromatic heterocycles. The van der Waals surface area contributed by atoms with Crippen molar-refractivity contribution in [3.63, 3.8) is 0 Å². The Hall–Kier alpha value is -3.31. The van der Waals surface area contributed by atoms with Gasteiger partial charge in [-0.3, -0.25) is 4.90 Å². The number of nitrogens with one attached hydrogen (secondary N) is 2. The Kier molecular flexibility index (Phi) is 6.85. The third-order valence-electron chi connectivity index (χ3n) is 5.76. The summed E-state index contributed by atoms with van der Waals surface area (Å²) >= 11 is 0. The van der Waals surface area contributed by atoms with E-state index in [1.54, 1.807) is 7.11 Å². The van der Waals surface area contributed by atoms with Gasteiger partial charge < -0.3 is 15.4 Å². The highest BCUT2D eigenvalue weighted by Gasteiger charge is 2.25. The number of ether oxygens (including phenoxy) is 1. The highest BCUT2D eigenvalue weighted by Crippen LogP contribution is 2.33. The average Bonchev–Trinajstić information content (AvgIpc) is 3.28.